The van der Waals surface area contributed by atoms with Crippen molar-refractivity contribution in [2.45, 2.75) is 12.8 Å². The van der Waals surface area contributed by atoms with E-state index in [0.29, 0.717) is 29.1 Å². The molecule has 1 heterocycles. The minimum Gasteiger partial charge on any atom is -0.493 e. The van der Waals surface area contributed by atoms with Crippen molar-refractivity contribution < 1.29 is 14.3 Å². The van der Waals surface area contributed by atoms with Crippen LogP contribution < -0.4 is 14.8 Å². The van der Waals surface area contributed by atoms with Crippen molar-refractivity contribution in [1.82, 2.24) is 4.98 Å². The van der Waals surface area contributed by atoms with E-state index in [9.17, 15) is 4.79 Å². The molecule has 0 saturated carbocycles. The third kappa shape index (κ3) is 4.97. The number of anilines is 1. The van der Waals surface area contributed by atoms with Gasteiger partial charge in [0.2, 0.25) is 5.91 Å². The Hall–Kier alpha value is -2.05. The fourth-order valence-corrected chi connectivity index (χ4v) is 2.75. The smallest absolute Gasteiger partial charge is 0.250 e. The molecule has 23 heavy (non-hydrogen) atoms. The van der Waals surface area contributed by atoms with Crippen molar-refractivity contribution in [1.29, 1.82) is 0 Å². The fraction of sp³-hybridized carbons (Fsp3) is 0.250. The minimum atomic E-state index is -0.256. The highest BCUT2D eigenvalue weighted by Gasteiger charge is 2.05. The molecule has 2 aromatic rings. The lowest BCUT2D eigenvalue weighted by molar-refractivity contribution is -0.111. The molecule has 5 nitrogen and oxygen atoms in total. The Labute approximate surface area is 143 Å². The molecule has 1 amide bonds. The lowest BCUT2D eigenvalue weighted by Gasteiger charge is -2.09. The molecule has 1 aromatic carbocycles. The molecule has 0 radical (unpaired) electrons. The van der Waals surface area contributed by atoms with Gasteiger partial charge in [0.25, 0.3) is 0 Å². The van der Waals surface area contributed by atoms with Crippen LogP contribution in [-0.2, 0) is 10.7 Å². The van der Waals surface area contributed by atoms with Crippen molar-refractivity contribution in [2.75, 3.05) is 19.0 Å². The minimum absolute atomic E-state index is 0.256. The van der Waals surface area contributed by atoms with E-state index in [2.05, 4.69) is 10.3 Å². The number of thiazole rings is 1. The Bertz CT molecular complexity index is 700. The summed E-state index contributed by atoms with van der Waals surface area (Å²) in [4.78, 5) is 16.1. The third-order valence-electron chi connectivity index (χ3n) is 2.83. The Morgan fingerprint density at radius 1 is 1.43 bits per heavy atom. The van der Waals surface area contributed by atoms with Gasteiger partial charge in [-0.2, -0.15) is 0 Å². The summed E-state index contributed by atoms with van der Waals surface area (Å²) in [5, 5.41) is 5.03. The monoisotopic (exact) mass is 352 g/mol. The maximum Gasteiger partial charge on any atom is 0.250 e. The zero-order valence-electron chi connectivity index (χ0n) is 12.8. The lowest BCUT2D eigenvalue weighted by Crippen LogP contribution is -2.07. The van der Waals surface area contributed by atoms with Crippen LogP contribution in [0.3, 0.4) is 0 Å². The molecule has 0 bridgehead atoms. The van der Waals surface area contributed by atoms with Crippen LogP contribution in [0.2, 0.25) is 0 Å². The van der Waals surface area contributed by atoms with Gasteiger partial charge >= 0.3 is 0 Å². The molecule has 0 spiro atoms. The molecule has 1 aromatic heterocycles. The van der Waals surface area contributed by atoms with Gasteiger partial charge in [-0.3, -0.25) is 10.1 Å². The molecule has 0 fully saturated rings. The van der Waals surface area contributed by atoms with E-state index in [0.717, 1.165) is 11.3 Å². The van der Waals surface area contributed by atoms with Crippen LogP contribution >= 0.6 is 22.9 Å². The molecule has 1 N–H and O–H groups in total. The van der Waals surface area contributed by atoms with Gasteiger partial charge in [-0.25, -0.2) is 4.98 Å². The largest absolute Gasteiger partial charge is 0.493 e. The van der Waals surface area contributed by atoms with E-state index in [1.54, 1.807) is 13.2 Å². The SMILES string of the molecule is CCOc1ccc(/C=C/C(=O)Nc2nc(CCl)cs2)cc1OC. The molecule has 0 unspecified atom stereocenters. The molecule has 0 aliphatic heterocycles. The second kappa shape index (κ2) is 8.55. The molecule has 122 valence electrons. The number of alkyl halides is 1. The molecule has 0 saturated heterocycles. The summed E-state index contributed by atoms with van der Waals surface area (Å²) in [6.45, 7) is 2.47. The van der Waals surface area contributed by atoms with Crippen LogP contribution in [0.4, 0.5) is 5.13 Å². The highest BCUT2D eigenvalue weighted by molar-refractivity contribution is 7.14. The zero-order valence-corrected chi connectivity index (χ0v) is 14.4. The van der Waals surface area contributed by atoms with E-state index in [1.165, 1.54) is 17.4 Å². The van der Waals surface area contributed by atoms with Crippen molar-refractivity contribution in [3.8, 4) is 11.5 Å². The van der Waals surface area contributed by atoms with Gasteiger partial charge in [-0.05, 0) is 30.7 Å². The van der Waals surface area contributed by atoms with Crippen molar-refractivity contribution in [3.05, 3.63) is 40.9 Å². The molecule has 2 rings (SSSR count). The summed E-state index contributed by atoms with van der Waals surface area (Å²) in [5.74, 6) is 1.37. The number of nitrogens with zero attached hydrogens (tertiary/aromatic N) is 1. The number of hydrogen-bond acceptors (Lipinski definition) is 5. The summed E-state index contributed by atoms with van der Waals surface area (Å²) in [5.41, 5.74) is 1.58. The fourth-order valence-electron chi connectivity index (χ4n) is 1.81. The topological polar surface area (TPSA) is 60.5 Å². The highest BCUT2D eigenvalue weighted by atomic mass is 35.5. The Kier molecular flexibility index (Phi) is 6.43. The van der Waals surface area contributed by atoms with Crippen LogP contribution in [0.1, 0.15) is 18.2 Å². The summed E-state index contributed by atoms with van der Waals surface area (Å²) in [6.07, 6.45) is 3.14. The van der Waals surface area contributed by atoms with Crippen molar-refractivity contribution in [2.24, 2.45) is 0 Å². The highest BCUT2D eigenvalue weighted by Crippen LogP contribution is 2.28. The lowest BCUT2D eigenvalue weighted by atomic mass is 10.2. The molecule has 0 atom stereocenters. The first-order valence-corrected chi connectivity index (χ1v) is 8.38. The van der Waals surface area contributed by atoms with Gasteiger partial charge in [0, 0.05) is 11.5 Å². The van der Waals surface area contributed by atoms with Gasteiger partial charge < -0.3 is 9.47 Å². The molecule has 0 aliphatic rings. The maximum atomic E-state index is 11.9. The number of methoxy groups -OCH3 is 1. The van der Waals surface area contributed by atoms with Crippen LogP contribution in [-0.4, -0.2) is 24.6 Å². The molecular formula is C16H17ClN2O3S. The predicted octanol–water partition coefficient (Wildman–Crippen LogP) is 3.94. The van der Waals surface area contributed by atoms with Gasteiger partial charge in [0.15, 0.2) is 16.6 Å². The van der Waals surface area contributed by atoms with Crippen LogP contribution in [0.25, 0.3) is 6.08 Å². The van der Waals surface area contributed by atoms with E-state index in [-0.39, 0.29) is 5.91 Å². The first kappa shape index (κ1) is 17.3. The Morgan fingerprint density at radius 2 is 2.26 bits per heavy atom. The normalized spacial score (nSPS) is 10.7. The first-order valence-electron chi connectivity index (χ1n) is 6.96. The van der Waals surface area contributed by atoms with Gasteiger partial charge in [0.05, 0.1) is 25.3 Å². The van der Waals surface area contributed by atoms with E-state index in [1.807, 2.05) is 30.5 Å². The number of halogens is 1. The number of hydrogen-bond donors (Lipinski definition) is 1. The maximum absolute atomic E-state index is 11.9. The number of ether oxygens (including phenoxy) is 2. The Balaban J connectivity index is 2.02. The van der Waals surface area contributed by atoms with Crippen LogP contribution in [0.5, 0.6) is 11.5 Å². The number of carbonyl (C=O) groups is 1. The predicted molar refractivity (Wildman–Crippen MR) is 93.5 cm³/mol. The number of amides is 1. The number of nitrogens with one attached hydrogen (secondary N) is 1. The number of benzene rings is 1. The third-order valence-corrected chi connectivity index (χ3v) is 3.91. The van der Waals surface area contributed by atoms with Gasteiger partial charge in [0.1, 0.15) is 0 Å². The van der Waals surface area contributed by atoms with Gasteiger partial charge in [-0.1, -0.05) is 6.07 Å². The molecule has 0 aliphatic carbocycles. The zero-order chi connectivity index (χ0) is 16.7. The second-order valence-electron chi connectivity index (χ2n) is 4.44. The quantitative estimate of drug-likeness (QED) is 0.605. The number of aromatic nitrogens is 1. The number of carbonyl (C=O) groups excluding carboxylic acids is 1. The standard InChI is InChI=1S/C16H17ClN2O3S/c1-3-22-13-6-4-11(8-14(13)21-2)5-7-15(20)19-16-18-12(9-17)10-23-16/h4-8,10H,3,9H2,1-2H3,(H,18,19,20)/b7-5+. The molecule has 7 heteroatoms. The Morgan fingerprint density at radius 3 is 2.91 bits per heavy atom. The van der Waals surface area contributed by atoms with Crippen LogP contribution in [0.15, 0.2) is 29.7 Å². The summed E-state index contributed by atoms with van der Waals surface area (Å²) in [7, 11) is 1.58. The van der Waals surface area contributed by atoms with Crippen molar-refractivity contribution in [3.63, 3.8) is 0 Å². The second-order valence-corrected chi connectivity index (χ2v) is 5.57. The van der Waals surface area contributed by atoms with Crippen molar-refractivity contribution >= 4 is 40.1 Å². The molecular weight excluding hydrogens is 336 g/mol. The summed E-state index contributed by atoms with van der Waals surface area (Å²) in [6, 6.07) is 5.48. The average Bonchev–Trinajstić information content (AvgIpc) is 3.01. The van der Waals surface area contributed by atoms with E-state index in [4.69, 9.17) is 21.1 Å². The average molecular weight is 353 g/mol. The number of rotatable bonds is 7. The van der Waals surface area contributed by atoms with E-state index >= 15 is 0 Å². The summed E-state index contributed by atoms with van der Waals surface area (Å²) >= 11 is 7.02. The van der Waals surface area contributed by atoms with Crippen LogP contribution in [0, 0.1) is 0 Å². The van der Waals surface area contributed by atoms with Gasteiger partial charge in [-0.15, -0.1) is 22.9 Å². The van der Waals surface area contributed by atoms with E-state index < -0.39 is 0 Å². The first-order chi connectivity index (χ1) is 11.2. The summed E-state index contributed by atoms with van der Waals surface area (Å²) < 4.78 is 10.7.